The molecule has 0 aliphatic heterocycles. The van der Waals surface area contributed by atoms with E-state index in [0.29, 0.717) is 0 Å². The lowest BCUT2D eigenvalue weighted by Crippen LogP contribution is -2.33. The van der Waals surface area contributed by atoms with Gasteiger partial charge in [0.1, 0.15) is 17.7 Å². The van der Waals surface area contributed by atoms with Gasteiger partial charge in [0, 0.05) is 24.7 Å². The number of ether oxygens (including phenoxy) is 2. The molecule has 24 heavy (non-hydrogen) atoms. The van der Waals surface area contributed by atoms with E-state index in [1.165, 1.54) is 5.56 Å². The second-order valence-corrected chi connectivity index (χ2v) is 6.33. The molecule has 0 bridgehead atoms. The molecule has 1 unspecified atom stereocenters. The zero-order chi connectivity index (χ0) is 17.5. The fourth-order valence-corrected chi connectivity index (χ4v) is 2.52. The first-order chi connectivity index (χ1) is 11.5. The largest absolute Gasteiger partial charge is 0.497 e. The van der Waals surface area contributed by atoms with E-state index in [1.54, 1.807) is 7.11 Å². The zero-order valence-corrected chi connectivity index (χ0v) is 15.3. The lowest BCUT2D eigenvalue weighted by molar-refractivity contribution is 0.0535. The van der Waals surface area contributed by atoms with E-state index in [9.17, 15) is 0 Å². The van der Waals surface area contributed by atoms with Crippen LogP contribution in [0.1, 0.15) is 18.1 Å². The van der Waals surface area contributed by atoms with Crippen LogP contribution >= 0.6 is 0 Å². The van der Waals surface area contributed by atoms with Crippen molar-refractivity contribution in [2.75, 3.05) is 28.3 Å². The van der Waals surface area contributed by atoms with Gasteiger partial charge in [-0.25, -0.2) is 0 Å². The zero-order valence-electron chi connectivity index (χ0n) is 15.3. The van der Waals surface area contributed by atoms with Gasteiger partial charge in [-0.2, -0.15) is 0 Å². The minimum Gasteiger partial charge on any atom is -0.497 e. The van der Waals surface area contributed by atoms with Gasteiger partial charge < -0.3 is 14.4 Å². The average Bonchev–Trinajstić information content (AvgIpc) is 2.56. The highest BCUT2D eigenvalue weighted by Crippen LogP contribution is 2.27. The third kappa shape index (κ3) is 5.25. The van der Waals surface area contributed by atoms with Gasteiger partial charge in [-0.15, -0.1) is 0 Å². The summed E-state index contributed by atoms with van der Waals surface area (Å²) < 4.78 is 11.6. The van der Waals surface area contributed by atoms with Crippen LogP contribution in [0.5, 0.6) is 11.5 Å². The van der Waals surface area contributed by atoms with Crippen molar-refractivity contribution in [1.29, 1.82) is 0 Å². The van der Waals surface area contributed by atoms with Crippen LogP contribution in [-0.4, -0.2) is 44.3 Å². The lowest BCUT2D eigenvalue weighted by Gasteiger charge is -2.27. The molecule has 0 aliphatic rings. The Kier molecular flexibility index (Phi) is 6.64. The Morgan fingerprint density at radius 1 is 0.958 bits per heavy atom. The van der Waals surface area contributed by atoms with Crippen molar-refractivity contribution in [3.05, 3.63) is 59.7 Å². The third-order valence-electron chi connectivity index (χ3n) is 3.95. The molecule has 0 saturated heterocycles. The third-order valence-corrected chi connectivity index (χ3v) is 3.95. The minimum atomic E-state index is -0.0433. The van der Waals surface area contributed by atoms with Gasteiger partial charge in [-0.3, -0.25) is 4.90 Å². The van der Waals surface area contributed by atoms with Gasteiger partial charge in [-0.1, -0.05) is 36.4 Å². The molecule has 1 atom stereocenters. The Morgan fingerprint density at radius 3 is 2.29 bits per heavy atom. The summed E-state index contributed by atoms with van der Waals surface area (Å²) in [7, 11) is 7.86. The van der Waals surface area contributed by atoms with Crippen LogP contribution in [0.2, 0.25) is 0 Å². The molecule has 0 aromatic heterocycles. The number of hydrogen-bond acceptors (Lipinski definition) is 4. The summed E-state index contributed by atoms with van der Waals surface area (Å²) in [5, 5.41) is 0. The lowest BCUT2D eigenvalue weighted by atomic mass is 10.2. The van der Waals surface area contributed by atoms with Crippen LogP contribution in [0.4, 0.5) is 0 Å². The molecule has 0 heterocycles. The number of methoxy groups -OCH3 is 1. The van der Waals surface area contributed by atoms with Gasteiger partial charge in [0.05, 0.1) is 7.11 Å². The van der Waals surface area contributed by atoms with Gasteiger partial charge in [0.2, 0.25) is 0 Å². The van der Waals surface area contributed by atoms with Gasteiger partial charge in [0.15, 0.2) is 0 Å². The fraction of sp³-hybridized carbons (Fsp3) is 0.400. The molecule has 0 amide bonds. The fourth-order valence-electron chi connectivity index (χ4n) is 2.52. The summed E-state index contributed by atoms with van der Waals surface area (Å²) >= 11 is 0. The number of nitrogens with zero attached hydrogens (tertiary/aromatic N) is 2. The second kappa shape index (κ2) is 8.71. The SMILES string of the molecule is COc1ccc(CN(C)C)c(OC(C)N(C)Cc2ccccc2)c1. The van der Waals surface area contributed by atoms with Crippen molar-refractivity contribution < 1.29 is 9.47 Å². The number of rotatable bonds is 8. The molecule has 0 spiro atoms. The van der Waals surface area contributed by atoms with Gasteiger partial charge in [-0.05, 0) is 39.7 Å². The smallest absolute Gasteiger partial charge is 0.149 e. The summed E-state index contributed by atoms with van der Waals surface area (Å²) in [5.74, 6) is 1.68. The van der Waals surface area contributed by atoms with Crippen LogP contribution in [-0.2, 0) is 13.1 Å². The minimum absolute atomic E-state index is 0.0433. The standard InChI is InChI=1S/C20H28N2O2/c1-16(22(4)14-17-9-7-6-8-10-17)24-20-13-19(23-5)12-11-18(20)15-21(2)3/h6-13,16H,14-15H2,1-5H3. The summed E-state index contributed by atoms with van der Waals surface area (Å²) in [4.78, 5) is 4.32. The van der Waals surface area contributed by atoms with Crippen molar-refractivity contribution in [3.8, 4) is 11.5 Å². The van der Waals surface area contributed by atoms with Crippen molar-refractivity contribution in [3.63, 3.8) is 0 Å². The Bertz CT molecular complexity index is 629. The van der Waals surface area contributed by atoms with Crippen molar-refractivity contribution in [2.24, 2.45) is 0 Å². The topological polar surface area (TPSA) is 24.9 Å². The molecule has 4 heteroatoms. The van der Waals surface area contributed by atoms with Gasteiger partial charge in [0.25, 0.3) is 0 Å². The van der Waals surface area contributed by atoms with Crippen LogP contribution in [0.25, 0.3) is 0 Å². The maximum absolute atomic E-state index is 6.24. The second-order valence-electron chi connectivity index (χ2n) is 6.33. The predicted octanol–water partition coefficient (Wildman–Crippen LogP) is 3.61. The molecule has 2 aromatic rings. The highest BCUT2D eigenvalue weighted by Gasteiger charge is 2.15. The summed E-state index contributed by atoms with van der Waals surface area (Å²) in [5.41, 5.74) is 2.43. The highest BCUT2D eigenvalue weighted by molar-refractivity contribution is 5.40. The van der Waals surface area contributed by atoms with Crippen LogP contribution in [0, 0.1) is 0 Å². The maximum atomic E-state index is 6.24. The molecule has 2 aromatic carbocycles. The number of hydrogen-bond donors (Lipinski definition) is 0. The van der Waals surface area contributed by atoms with Crippen LogP contribution in [0.15, 0.2) is 48.5 Å². The Hall–Kier alpha value is -2.04. The van der Waals surface area contributed by atoms with Crippen molar-refractivity contribution >= 4 is 0 Å². The van der Waals surface area contributed by atoms with E-state index >= 15 is 0 Å². The molecule has 2 rings (SSSR count). The van der Waals surface area contributed by atoms with Crippen LogP contribution < -0.4 is 9.47 Å². The van der Waals surface area contributed by atoms with E-state index in [-0.39, 0.29) is 6.23 Å². The Morgan fingerprint density at radius 2 is 1.67 bits per heavy atom. The normalized spacial score (nSPS) is 12.5. The first kappa shape index (κ1) is 18.3. The average molecular weight is 328 g/mol. The number of benzene rings is 2. The van der Waals surface area contributed by atoms with Crippen LogP contribution in [0.3, 0.4) is 0 Å². The molecular formula is C20H28N2O2. The monoisotopic (exact) mass is 328 g/mol. The molecular weight excluding hydrogens is 300 g/mol. The summed E-state index contributed by atoms with van der Waals surface area (Å²) in [6.45, 7) is 3.74. The van der Waals surface area contributed by atoms with E-state index in [1.807, 2.05) is 18.2 Å². The van der Waals surface area contributed by atoms with E-state index in [0.717, 1.165) is 30.2 Å². The molecule has 0 aliphatic carbocycles. The first-order valence-electron chi connectivity index (χ1n) is 8.22. The molecule has 0 radical (unpaired) electrons. The molecule has 0 N–H and O–H groups in total. The summed E-state index contributed by atoms with van der Waals surface area (Å²) in [6.07, 6.45) is -0.0433. The van der Waals surface area contributed by atoms with E-state index in [4.69, 9.17) is 9.47 Å². The van der Waals surface area contributed by atoms with Crippen molar-refractivity contribution in [2.45, 2.75) is 26.2 Å². The molecule has 0 fully saturated rings. The van der Waals surface area contributed by atoms with Crippen molar-refractivity contribution in [1.82, 2.24) is 9.80 Å². The van der Waals surface area contributed by atoms with E-state index in [2.05, 4.69) is 68.2 Å². The molecule has 130 valence electrons. The maximum Gasteiger partial charge on any atom is 0.149 e. The first-order valence-corrected chi connectivity index (χ1v) is 8.22. The summed E-state index contributed by atoms with van der Waals surface area (Å²) in [6, 6.07) is 16.4. The van der Waals surface area contributed by atoms with E-state index < -0.39 is 0 Å². The predicted molar refractivity (Wildman–Crippen MR) is 98.4 cm³/mol. The van der Waals surface area contributed by atoms with Gasteiger partial charge >= 0.3 is 0 Å². The highest BCUT2D eigenvalue weighted by atomic mass is 16.5. The Labute approximate surface area is 145 Å². The quantitative estimate of drug-likeness (QED) is 0.691. The Balaban J connectivity index is 2.10. The molecule has 4 nitrogen and oxygen atoms in total. The molecule has 0 saturated carbocycles.